The SMILES string of the molecule is CC1(C)NC(=O)N(CCCC(=O)NCCSCc2ccco2)C1=O. The molecule has 1 aliphatic heterocycles. The number of rotatable bonds is 9. The van der Waals surface area contributed by atoms with Gasteiger partial charge in [0.25, 0.3) is 5.91 Å². The topological polar surface area (TPSA) is 91.7 Å². The summed E-state index contributed by atoms with van der Waals surface area (Å²) in [5.41, 5.74) is -0.857. The highest BCUT2D eigenvalue weighted by atomic mass is 32.2. The number of nitrogens with one attached hydrogen (secondary N) is 2. The van der Waals surface area contributed by atoms with Gasteiger partial charge in [0, 0.05) is 25.3 Å². The first kappa shape index (κ1) is 18.4. The van der Waals surface area contributed by atoms with Gasteiger partial charge < -0.3 is 15.1 Å². The van der Waals surface area contributed by atoms with Crippen molar-refractivity contribution in [3.8, 4) is 0 Å². The normalized spacial score (nSPS) is 16.3. The highest BCUT2D eigenvalue weighted by molar-refractivity contribution is 7.98. The maximum Gasteiger partial charge on any atom is 0.325 e. The van der Waals surface area contributed by atoms with Gasteiger partial charge in [-0.25, -0.2) is 4.79 Å². The number of nitrogens with zero attached hydrogens (tertiary/aromatic N) is 1. The van der Waals surface area contributed by atoms with E-state index in [2.05, 4.69) is 10.6 Å². The Morgan fingerprint density at radius 3 is 2.83 bits per heavy atom. The van der Waals surface area contributed by atoms with Crippen LogP contribution in [0, 0.1) is 0 Å². The van der Waals surface area contributed by atoms with Crippen molar-refractivity contribution in [2.45, 2.75) is 38.0 Å². The molecule has 0 saturated carbocycles. The molecule has 0 unspecified atom stereocenters. The van der Waals surface area contributed by atoms with E-state index in [1.165, 1.54) is 4.90 Å². The summed E-state index contributed by atoms with van der Waals surface area (Å²) in [6.45, 7) is 4.18. The van der Waals surface area contributed by atoms with Gasteiger partial charge in [-0.05, 0) is 32.4 Å². The number of hydrogen-bond donors (Lipinski definition) is 2. The fourth-order valence-corrected chi connectivity index (χ4v) is 3.09. The minimum atomic E-state index is -0.857. The van der Waals surface area contributed by atoms with E-state index in [9.17, 15) is 14.4 Å². The predicted molar refractivity (Wildman–Crippen MR) is 91.4 cm³/mol. The number of carbonyl (C=O) groups excluding carboxylic acids is 3. The maximum atomic E-state index is 12.0. The zero-order valence-corrected chi connectivity index (χ0v) is 14.8. The molecule has 1 aliphatic rings. The number of urea groups is 1. The third kappa shape index (κ3) is 5.02. The summed E-state index contributed by atoms with van der Waals surface area (Å²) in [5.74, 6) is 2.18. The molecule has 7 nitrogen and oxygen atoms in total. The number of furan rings is 1. The molecule has 0 radical (unpaired) electrons. The molecule has 1 aromatic rings. The molecule has 4 amide bonds. The van der Waals surface area contributed by atoms with Crippen LogP contribution in [-0.4, -0.2) is 47.1 Å². The van der Waals surface area contributed by atoms with Crippen LogP contribution in [0.1, 0.15) is 32.4 Å². The van der Waals surface area contributed by atoms with E-state index in [4.69, 9.17) is 4.42 Å². The van der Waals surface area contributed by atoms with E-state index in [1.54, 1.807) is 31.9 Å². The summed E-state index contributed by atoms with van der Waals surface area (Å²) >= 11 is 1.68. The van der Waals surface area contributed by atoms with E-state index in [1.807, 2.05) is 12.1 Å². The van der Waals surface area contributed by atoms with Crippen LogP contribution in [-0.2, 0) is 15.3 Å². The third-order valence-electron chi connectivity index (χ3n) is 3.62. The van der Waals surface area contributed by atoms with Gasteiger partial charge >= 0.3 is 6.03 Å². The summed E-state index contributed by atoms with van der Waals surface area (Å²) in [4.78, 5) is 36.6. The zero-order chi connectivity index (χ0) is 17.6. The molecule has 8 heteroatoms. The quantitative estimate of drug-likeness (QED) is 0.521. The Labute approximate surface area is 145 Å². The van der Waals surface area contributed by atoms with E-state index < -0.39 is 5.54 Å². The number of thioether (sulfide) groups is 1. The maximum absolute atomic E-state index is 12.0. The molecule has 0 spiro atoms. The van der Waals surface area contributed by atoms with Crippen LogP contribution in [0.2, 0.25) is 0 Å². The summed E-state index contributed by atoms with van der Waals surface area (Å²) in [5, 5.41) is 5.45. The molecule has 2 N–H and O–H groups in total. The lowest BCUT2D eigenvalue weighted by molar-refractivity contribution is -0.130. The predicted octanol–water partition coefficient (Wildman–Crippen LogP) is 1.74. The first-order chi connectivity index (χ1) is 11.4. The van der Waals surface area contributed by atoms with Gasteiger partial charge in [-0.3, -0.25) is 14.5 Å². The second kappa shape index (κ2) is 8.23. The molecule has 0 atom stereocenters. The van der Waals surface area contributed by atoms with Crippen LogP contribution in [0.4, 0.5) is 4.79 Å². The van der Waals surface area contributed by atoms with Crippen LogP contribution in [0.25, 0.3) is 0 Å². The van der Waals surface area contributed by atoms with Crippen LogP contribution in [0.5, 0.6) is 0 Å². The molecular weight excluding hydrogens is 330 g/mol. The van der Waals surface area contributed by atoms with Gasteiger partial charge in [-0.15, -0.1) is 0 Å². The summed E-state index contributed by atoms with van der Waals surface area (Å²) in [7, 11) is 0. The van der Waals surface area contributed by atoms with Crippen molar-refractivity contribution in [3.05, 3.63) is 24.2 Å². The highest BCUT2D eigenvalue weighted by Gasteiger charge is 2.43. The zero-order valence-electron chi connectivity index (χ0n) is 14.0. The fourth-order valence-electron chi connectivity index (χ4n) is 2.34. The molecule has 1 aromatic heterocycles. The number of carbonyl (C=O) groups is 3. The second-order valence-corrected chi connectivity index (χ2v) is 7.20. The largest absolute Gasteiger partial charge is 0.468 e. The van der Waals surface area contributed by atoms with Gasteiger partial charge in [-0.2, -0.15) is 11.8 Å². The third-order valence-corrected chi connectivity index (χ3v) is 4.60. The van der Waals surface area contributed by atoms with Crippen LogP contribution in [0.3, 0.4) is 0 Å². The van der Waals surface area contributed by atoms with Gasteiger partial charge in [-0.1, -0.05) is 0 Å². The minimum absolute atomic E-state index is 0.0695. The van der Waals surface area contributed by atoms with Crippen molar-refractivity contribution in [3.63, 3.8) is 0 Å². The monoisotopic (exact) mass is 353 g/mol. The average Bonchev–Trinajstić information content (AvgIpc) is 3.09. The Hall–Kier alpha value is -1.96. The van der Waals surface area contributed by atoms with E-state index in [-0.39, 0.29) is 24.4 Å². The van der Waals surface area contributed by atoms with Crippen LogP contribution < -0.4 is 10.6 Å². The Bertz CT molecular complexity index is 586. The molecule has 0 aromatic carbocycles. The van der Waals surface area contributed by atoms with Crippen molar-refractivity contribution in [2.75, 3.05) is 18.8 Å². The second-order valence-electron chi connectivity index (χ2n) is 6.10. The lowest BCUT2D eigenvalue weighted by Crippen LogP contribution is -2.40. The molecule has 1 saturated heterocycles. The van der Waals surface area contributed by atoms with Gasteiger partial charge in [0.2, 0.25) is 5.91 Å². The molecule has 24 heavy (non-hydrogen) atoms. The number of imide groups is 1. The lowest BCUT2D eigenvalue weighted by Gasteiger charge is -2.15. The lowest BCUT2D eigenvalue weighted by atomic mass is 10.1. The standard InChI is InChI=1S/C16H23N3O4S/c1-16(2)14(21)19(15(22)18-16)8-3-6-13(20)17-7-10-24-11-12-5-4-9-23-12/h4-5,9H,3,6-8,10-11H2,1-2H3,(H,17,20)(H,18,22). The molecule has 132 valence electrons. The molecule has 2 heterocycles. The van der Waals surface area contributed by atoms with Gasteiger partial charge in [0.1, 0.15) is 11.3 Å². The van der Waals surface area contributed by atoms with Crippen molar-refractivity contribution < 1.29 is 18.8 Å². The van der Waals surface area contributed by atoms with E-state index in [0.29, 0.717) is 19.4 Å². The van der Waals surface area contributed by atoms with E-state index >= 15 is 0 Å². The smallest absolute Gasteiger partial charge is 0.325 e. The number of amides is 4. The van der Waals surface area contributed by atoms with Gasteiger partial charge in [0.05, 0.1) is 12.0 Å². The molecule has 1 fully saturated rings. The molecular formula is C16H23N3O4S. The Morgan fingerprint density at radius 2 is 2.21 bits per heavy atom. The first-order valence-electron chi connectivity index (χ1n) is 7.91. The van der Waals surface area contributed by atoms with Crippen LogP contribution in [0.15, 0.2) is 22.8 Å². The number of hydrogen-bond acceptors (Lipinski definition) is 5. The van der Waals surface area contributed by atoms with Crippen molar-refractivity contribution >= 4 is 29.6 Å². The Morgan fingerprint density at radius 1 is 1.42 bits per heavy atom. The van der Waals surface area contributed by atoms with E-state index in [0.717, 1.165) is 17.3 Å². The van der Waals surface area contributed by atoms with Crippen molar-refractivity contribution in [2.24, 2.45) is 0 Å². The Balaban J connectivity index is 1.55. The summed E-state index contributed by atoms with van der Waals surface area (Å²) in [6.07, 6.45) is 2.39. The molecule has 0 aliphatic carbocycles. The molecule has 2 rings (SSSR count). The summed E-state index contributed by atoms with van der Waals surface area (Å²) in [6, 6.07) is 3.38. The average molecular weight is 353 g/mol. The fraction of sp³-hybridized carbons (Fsp3) is 0.562. The minimum Gasteiger partial charge on any atom is -0.468 e. The molecule has 0 bridgehead atoms. The van der Waals surface area contributed by atoms with Crippen LogP contribution >= 0.6 is 11.8 Å². The van der Waals surface area contributed by atoms with Crippen molar-refractivity contribution in [1.82, 2.24) is 15.5 Å². The van der Waals surface area contributed by atoms with Gasteiger partial charge in [0.15, 0.2) is 0 Å². The summed E-state index contributed by atoms with van der Waals surface area (Å²) < 4.78 is 5.22. The Kier molecular flexibility index (Phi) is 6.30. The first-order valence-corrected chi connectivity index (χ1v) is 9.06. The highest BCUT2D eigenvalue weighted by Crippen LogP contribution is 2.17. The van der Waals surface area contributed by atoms with Crippen molar-refractivity contribution in [1.29, 1.82) is 0 Å².